The summed E-state index contributed by atoms with van der Waals surface area (Å²) in [5, 5.41) is 0. The minimum absolute atomic E-state index is 0.508. The zero-order chi connectivity index (χ0) is 12.0. The second-order valence-electron chi connectivity index (χ2n) is 6.20. The van der Waals surface area contributed by atoms with E-state index in [4.69, 9.17) is 5.73 Å². The van der Waals surface area contributed by atoms with Crippen molar-refractivity contribution in [3.8, 4) is 0 Å². The van der Waals surface area contributed by atoms with Gasteiger partial charge in [-0.2, -0.15) is 0 Å². The number of nitrogens with two attached hydrogens (primary N) is 1. The van der Waals surface area contributed by atoms with E-state index in [1.54, 1.807) is 0 Å². The SMILES string of the molecule is CCCC(C)CC1(CN)CCC(CCC)C1. The van der Waals surface area contributed by atoms with Crippen LogP contribution in [-0.2, 0) is 0 Å². The molecule has 2 N–H and O–H groups in total. The lowest BCUT2D eigenvalue weighted by molar-refractivity contribution is 0.219. The Morgan fingerprint density at radius 1 is 1.31 bits per heavy atom. The molecule has 0 aromatic rings. The highest BCUT2D eigenvalue weighted by molar-refractivity contribution is 4.90. The van der Waals surface area contributed by atoms with Crippen molar-refractivity contribution in [1.82, 2.24) is 0 Å². The van der Waals surface area contributed by atoms with Crippen LogP contribution in [0.2, 0.25) is 0 Å². The van der Waals surface area contributed by atoms with Crippen molar-refractivity contribution in [2.45, 2.75) is 72.1 Å². The van der Waals surface area contributed by atoms with Crippen LogP contribution in [0.4, 0.5) is 0 Å². The molecule has 1 aliphatic carbocycles. The number of hydrogen-bond acceptors (Lipinski definition) is 1. The van der Waals surface area contributed by atoms with Gasteiger partial charge in [-0.3, -0.25) is 0 Å². The summed E-state index contributed by atoms with van der Waals surface area (Å²) in [6, 6.07) is 0. The van der Waals surface area contributed by atoms with Gasteiger partial charge in [0.05, 0.1) is 0 Å². The van der Waals surface area contributed by atoms with Gasteiger partial charge in [0.1, 0.15) is 0 Å². The normalized spacial score (nSPS) is 31.9. The molecule has 0 aromatic carbocycles. The van der Waals surface area contributed by atoms with Gasteiger partial charge in [0.15, 0.2) is 0 Å². The predicted octanol–water partition coefficient (Wildman–Crippen LogP) is 4.36. The maximum absolute atomic E-state index is 6.07. The molecule has 3 unspecified atom stereocenters. The molecule has 96 valence electrons. The summed E-state index contributed by atoms with van der Waals surface area (Å²) in [4.78, 5) is 0. The van der Waals surface area contributed by atoms with Crippen molar-refractivity contribution in [3.05, 3.63) is 0 Å². The third-order valence-corrected chi connectivity index (χ3v) is 4.50. The van der Waals surface area contributed by atoms with Crippen LogP contribution < -0.4 is 5.73 Å². The molecule has 1 saturated carbocycles. The van der Waals surface area contributed by atoms with E-state index in [2.05, 4.69) is 20.8 Å². The Bertz CT molecular complexity index is 190. The highest BCUT2D eigenvalue weighted by Gasteiger charge is 2.38. The van der Waals surface area contributed by atoms with Gasteiger partial charge in [-0.05, 0) is 49.5 Å². The summed E-state index contributed by atoms with van der Waals surface area (Å²) < 4.78 is 0. The maximum Gasteiger partial charge on any atom is -0.00203 e. The van der Waals surface area contributed by atoms with E-state index < -0.39 is 0 Å². The Balaban J connectivity index is 2.46. The van der Waals surface area contributed by atoms with Gasteiger partial charge < -0.3 is 5.73 Å². The van der Waals surface area contributed by atoms with Crippen molar-refractivity contribution < 1.29 is 0 Å². The van der Waals surface area contributed by atoms with E-state index >= 15 is 0 Å². The first-order valence-electron chi connectivity index (χ1n) is 7.36. The average Bonchev–Trinajstić information content (AvgIpc) is 2.63. The standard InChI is InChI=1S/C15H31N/c1-4-6-13(3)10-15(12-16)9-8-14(11-15)7-5-2/h13-14H,4-12,16H2,1-3H3. The summed E-state index contributed by atoms with van der Waals surface area (Å²) in [5.41, 5.74) is 6.58. The molecule has 0 bridgehead atoms. The van der Waals surface area contributed by atoms with Crippen LogP contribution in [0.5, 0.6) is 0 Å². The molecule has 1 nitrogen and oxygen atoms in total. The van der Waals surface area contributed by atoms with Crippen LogP contribution in [0.15, 0.2) is 0 Å². The smallest absolute Gasteiger partial charge is 0.00203 e. The summed E-state index contributed by atoms with van der Waals surface area (Å²) in [7, 11) is 0. The molecule has 3 atom stereocenters. The molecule has 1 fully saturated rings. The second-order valence-corrected chi connectivity index (χ2v) is 6.20. The van der Waals surface area contributed by atoms with E-state index in [-0.39, 0.29) is 0 Å². The quantitative estimate of drug-likeness (QED) is 0.684. The summed E-state index contributed by atoms with van der Waals surface area (Å²) in [6.07, 6.45) is 11.1. The predicted molar refractivity (Wildman–Crippen MR) is 72.4 cm³/mol. The Morgan fingerprint density at radius 2 is 2.06 bits per heavy atom. The highest BCUT2D eigenvalue weighted by Crippen LogP contribution is 2.47. The molecule has 0 amide bonds. The topological polar surface area (TPSA) is 26.0 Å². The first-order chi connectivity index (χ1) is 7.65. The van der Waals surface area contributed by atoms with Crippen LogP contribution in [0, 0.1) is 17.3 Å². The third-order valence-electron chi connectivity index (χ3n) is 4.50. The lowest BCUT2D eigenvalue weighted by atomic mass is 9.76. The summed E-state index contributed by atoms with van der Waals surface area (Å²) >= 11 is 0. The molecular formula is C15H31N. The Kier molecular flexibility index (Phi) is 5.82. The number of hydrogen-bond donors (Lipinski definition) is 1. The highest BCUT2D eigenvalue weighted by atomic mass is 14.6. The largest absolute Gasteiger partial charge is 0.330 e. The average molecular weight is 225 g/mol. The number of rotatable bonds is 7. The Morgan fingerprint density at radius 3 is 2.62 bits per heavy atom. The van der Waals surface area contributed by atoms with Crippen LogP contribution in [-0.4, -0.2) is 6.54 Å². The van der Waals surface area contributed by atoms with E-state index in [0.29, 0.717) is 5.41 Å². The van der Waals surface area contributed by atoms with Crippen molar-refractivity contribution in [3.63, 3.8) is 0 Å². The fourth-order valence-corrected chi connectivity index (χ4v) is 3.77. The molecule has 0 aromatic heterocycles. The van der Waals surface area contributed by atoms with Crippen molar-refractivity contribution in [2.75, 3.05) is 6.54 Å². The molecule has 0 aliphatic heterocycles. The van der Waals surface area contributed by atoms with E-state index in [9.17, 15) is 0 Å². The lowest BCUT2D eigenvalue weighted by Gasteiger charge is -2.31. The van der Waals surface area contributed by atoms with Crippen LogP contribution in [0.3, 0.4) is 0 Å². The van der Waals surface area contributed by atoms with E-state index in [0.717, 1.165) is 18.4 Å². The van der Waals surface area contributed by atoms with E-state index in [1.165, 1.54) is 51.4 Å². The minimum Gasteiger partial charge on any atom is -0.330 e. The van der Waals surface area contributed by atoms with Crippen LogP contribution in [0.25, 0.3) is 0 Å². The van der Waals surface area contributed by atoms with Crippen LogP contribution >= 0.6 is 0 Å². The van der Waals surface area contributed by atoms with Crippen molar-refractivity contribution >= 4 is 0 Å². The molecular weight excluding hydrogens is 194 g/mol. The Hall–Kier alpha value is -0.0400. The zero-order valence-electron chi connectivity index (χ0n) is 11.6. The van der Waals surface area contributed by atoms with Gasteiger partial charge in [0, 0.05) is 0 Å². The first kappa shape index (κ1) is 14.0. The van der Waals surface area contributed by atoms with Gasteiger partial charge in [-0.15, -0.1) is 0 Å². The molecule has 16 heavy (non-hydrogen) atoms. The summed E-state index contributed by atoms with van der Waals surface area (Å²) in [6.45, 7) is 7.93. The van der Waals surface area contributed by atoms with Gasteiger partial charge in [0.2, 0.25) is 0 Å². The van der Waals surface area contributed by atoms with Gasteiger partial charge in [-0.1, -0.05) is 46.5 Å². The molecule has 0 spiro atoms. The van der Waals surface area contributed by atoms with Crippen molar-refractivity contribution in [1.29, 1.82) is 0 Å². The minimum atomic E-state index is 0.508. The van der Waals surface area contributed by atoms with Gasteiger partial charge in [-0.25, -0.2) is 0 Å². The Labute approximate surface area is 102 Å². The molecule has 1 rings (SSSR count). The first-order valence-corrected chi connectivity index (χ1v) is 7.36. The second kappa shape index (κ2) is 6.64. The fourth-order valence-electron chi connectivity index (χ4n) is 3.77. The molecule has 0 saturated heterocycles. The summed E-state index contributed by atoms with van der Waals surface area (Å²) in [5.74, 6) is 1.84. The van der Waals surface area contributed by atoms with Gasteiger partial charge in [0.25, 0.3) is 0 Å². The lowest BCUT2D eigenvalue weighted by Crippen LogP contribution is -2.30. The molecule has 0 heterocycles. The fraction of sp³-hybridized carbons (Fsp3) is 1.00. The zero-order valence-corrected chi connectivity index (χ0v) is 11.6. The van der Waals surface area contributed by atoms with Crippen LogP contribution in [0.1, 0.15) is 72.1 Å². The maximum atomic E-state index is 6.07. The molecule has 0 radical (unpaired) electrons. The third kappa shape index (κ3) is 3.76. The van der Waals surface area contributed by atoms with E-state index in [1.807, 2.05) is 0 Å². The van der Waals surface area contributed by atoms with Gasteiger partial charge >= 0.3 is 0 Å². The molecule has 1 aliphatic rings. The molecule has 1 heteroatoms. The van der Waals surface area contributed by atoms with Crippen molar-refractivity contribution in [2.24, 2.45) is 23.0 Å². The monoisotopic (exact) mass is 225 g/mol.